The highest BCUT2D eigenvalue weighted by molar-refractivity contribution is 6.01. The van der Waals surface area contributed by atoms with Gasteiger partial charge in [0.1, 0.15) is 17.7 Å². The zero-order valence-electron chi connectivity index (χ0n) is 16.1. The summed E-state index contributed by atoms with van der Waals surface area (Å²) in [4.78, 5) is 22.0. The third-order valence-electron chi connectivity index (χ3n) is 4.37. The Morgan fingerprint density at radius 3 is 2.62 bits per heavy atom. The molecular weight excluding hydrogens is 330 g/mol. The molecule has 8 heteroatoms. The van der Waals surface area contributed by atoms with Crippen LogP contribution in [0.25, 0.3) is 5.65 Å². The molecule has 1 amide bonds. The van der Waals surface area contributed by atoms with Gasteiger partial charge in [0.15, 0.2) is 5.65 Å². The summed E-state index contributed by atoms with van der Waals surface area (Å²) in [7, 11) is 1.83. The largest absolute Gasteiger partial charge is 0.342 e. The smallest absolute Gasteiger partial charge is 0.257 e. The van der Waals surface area contributed by atoms with Gasteiger partial charge in [0.25, 0.3) is 5.91 Å². The summed E-state index contributed by atoms with van der Waals surface area (Å²) >= 11 is 0. The topological polar surface area (TPSA) is 90.0 Å². The fourth-order valence-electron chi connectivity index (χ4n) is 3.24. The van der Waals surface area contributed by atoms with Gasteiger partial charge in [-0.05, 0) is 39.2 Å². The molecule has 0 radical (unpaired) electrons. The Labute approximate surface area is 152 Å². The van der Waals surface area contributed by atoms with E-state index in [0.717, 1.165) is 23.6 Å². The lowest BCUT2D eigenvalue weighted by atomic mass is 10.0. The van der Waals surface area contributed by atoms with E-state index in [1.807, 2.05) is 33.9 Å². The number of amides is 1. The number of aryl methyl sites for hydroxylation is 4. The molecule has 0 saturated carbocycles. The molecular formula is C18H25N7O. The van der Waals surface area contributed by atoms with Crippen molar-refractivity contribution in [1.29, 1.82) is 0 Å². The molecule has 3 rings (SSSR count). The molecule has 138 valence electrons. The zero-order valence-corrected chi connectivity index (χ0v) is 16.1. The third kappa shape index (κ3) is 3.31. The van der Waals surface area contributed by atoms with Gasteiger partial charge in [0.05, 0.1) is 11.7 Å². The number of nitrogens with one attached hydrogen (secondary N) is 1. The maximum absolute atomic E-state index is 13.1. The molecule has 0 aliphatic carbocycles. The van der Waals surface area contributed by atoms with Crippen LogP contribution in [-0.2, 0) is 7.05 Å². The number of rotatable bonds is 5. The van der Waals surface area contributed by atoms with Gasteiger partial charge in [-0.15, -0.1) is 0 Å². The average Bonchev–Trinajstić information content (AvgIpc) is 3.09. The maximum atomic E-state index is 13.1. The number of aromatic nitrogens is 6. The quantitative estimate of drug-likeness (QED) is 0.758. The minimum atomic E-state index is -0.227. The zero-order chi connectivity index (χ0) is 19.0. The molecule has 3 aromatic heterocycles. The van der Waals surface area contributed by atoms with Gasteiger partial charge in [-0.1, -0.05) is 13.8 Å². The summed E-state index contributed by atoms with van der Waals surface area (Å²) in [5.41, 5.74) is 3.55. The Morgan fingerprint density at radius 2 is 2.00 bits per heavy atom. The van der Waals surface area contributed by atoms with Crippen LogP contribution in [0, 0.1) is 26.7 Å². The van der Waals surface area contributed by atoms with Crippen LogP contribution in [0.3, 0.4) is 0 Å². The second kappa shape index (κ2) is 6.86. The van der Waals surface area contributed by atoms with Crippen LogP contribution in [-0.4, -0.2) is 35.3 Å². The van der Waals surface area contributed by atoms with E-state index < -0.39 is 0 Å². The van der Waals surface area contributed by atoms with Crippen molar-refractivity contribution in [3.05, 3.63) is 40.9 Å². The minimum absolute atomic E-state index is 0.191. The highest BCUT2D eigenvalue weighted by Gasteiger charge is 2.25. The van der Waals surface area contributed by atoms with Crippen molar-refractivity contribution in [2.24, 2.45) is 13.0 Å². The van der Waals surface area contributed by atoms with E-state index in [1.165, 1.54) is 6.33 Å². The molecule has 3 aromatic rings. The average molecular weight is 355 g/mol. The first kappa shape index (κ1) is 18.0. The van der Waals surface area contributed by atoms with Gasteiger partial charge in [-0.3, -0.25) is 9.48 Å². The van der Waals surface area contributed by atoms with Crippen molar-refractivity contribution in [1.82, 2.24) is 34.7 Å². The molecule has 0 spiro atoms. The van der Waals surface area contributed by atoms with Crippen molar-refractivity contribution in [2.75, 3.05) is 0 Å². The summed E-state index contributed by atoms with van der Waals surface area (Å²) in [6, 6.07) is 1.72. The van der Waals surface area contributed by atoms with Gasteiger partial charge in [-0.2, -0.15) is 10.2 Å². The van der Waals surface area contributed by atoms with Crippen LogP contribution in [0.15, 0.2) is 12.4 Å². The molecule has 26 heavy (non-hydrogen) atoms. The van der Waals surface area contributed by atoms with Gasteiger partial charge < -0.3 is 5.32 Å². The third-order valence-corrected chi connectivity index (χ3v) is 4.37. The van der Waals surface area contributed by atoms with Gasteiger partial charge >= 0.3 is 0 Å². The van der Waals surface area contributed by atoms with Crippen LogP contribution < -0.4 is 5.32 Å². The number of hydrogen-bond donors (Lipinski definition) is 1. The minimum Gasteiger partial charge on any atom is -0.342 e. The normalized spacial score (nSPS) is 12.7. The Bertz CT molecular complexity index is 954. The highest BCUT2D eigenvalue weighted by Crippen LogP contribution is 2.22. The first-order chi connectivity index (χ1) is 12.3. The fourth-order valence-corrected chi connectivity index (χ4v) is 3.24. The van der Waals surface area contributed by atoms with E-state index in [9.17, 15) is 4.79 Å². The van der Waals surface area contributed by atoms with E-state index in [1.54, 1.807) is 9.20 Å². The van der Waals surface area contributed by atoms with E-state index in [-0.39, 0.29) is 11.9 Å². The number of nitrogens with zero attached hydrogens (tertiary/aromatic N) is 6. The van der Waals surface area contributed by atoms with Crippen molar-refractivity contribution < 1.29 is 4.79 Å². The molecule has 0 aliphatic heterocycles. The lowest BCUT2D eigenvalue weighted by Gasteiger charge is -2.19. The van der Waals surface area contributed by atoms with Crippen molar-refractivity contribution in [3.8, 4) is 0 Å². The van der Waals surface area contributed by atoms with Gasteiger partial charge in [0, 0.05) is 18.4 Å². The lowest BCUT2D eigenvalue weighted by molar-refractivity contribution is 0.0930. The van der Waals surface area contributed by atoms with E-state index in [4.69, 9.17) is 0 Å². The summed E-state index contributed by atoms with van der Waals surface area (Å²) < 4.78 is 3.42. The van der Waals surface area contributed by atoms with Crippen molar-refractivity contribution >= 4 is 11.6 Å². The van der Waals surface area contributed by atoms with E-state index in [2.05, 4.69) is 39.3 Å². The molecule has 1 unspecified atom stereocenters. The van der Waals surface area contributed by atoms with E-state index >= 15 is 0 Å². The molecule has 0 bridgehead atoms. The lowest BCUT2D eigenvalue weighted by Crippen LogP contribution is -2.32. The standard InChI is InChI=1S/C18H25N7O/c1-10(2)7-14(16-19-9-20-24(16)6)22-18(26)15-13(5)23-25-12(4)8-11(3)21-17(15)25/h8-10,14H,7H2,1-6H3,(H,22,26). The van der Waals surface area contributed by atoms with Crippen molar-refractivity contribution in [2.45, 2.75) is 47.1 Å². The highest BCUT2D eigenvalue weighted by atomic mass is 16.1. The van der Waals surface area contributed by atoms with Crippen LogP contribution in [0.1, 0.15) is 59.6 Å². The summed E-state index contributed by atoms with van der Waals surface area (Å²) in [6.07, 6.45) is 2.27. The van der Waals surface area contributed by atoms with Crippen molar-refractivity contribution in [3.63, 3.8) is 0 Å². The predicted molar refractivity (Wildman–Crippen MR) is 97.9 cm³/mol. The Morgan fingerprint density at radius 1 is 1.27 bits per heavy atom. The first-order valence-electron chi connectivity index (χ1n) is 8.76. The van der Waals surface area contributed by atoms with Crippen LogP contribution in [0.4, 0.5) is 0 Å². The Balaban J connectivity index is 1.99. The molecule has 0 aliphatic rings. The second-order valence-electron chi connectivity index (χ2n) is 7.13. The summed E-state index contributed by atoms with van der Waals surface area (Å²) in [5, 5.41) is 11.7. The molecule has 1 atom stereocenters. The Kier molecular flexibility index (Phi) is 4.76. The molecule has 0 fully saturated rings. The SMILES string of the molecule is Cc1cc(C)n2nc(C)c(C(=O)NC(CC(C)C)c3ncnn3C)c2n1. The van der Waals surface area contributed by atoms with Gasteiger partial charge in [-0.25, -0.2) is 14.5 Å². The monoisotopic (exact) mass is 355 g/mol. The second-order valence-corrected chi connectivity index (χ2v) is 7.13. The number of carbonyl (C=O) groups is 1. The van der Waals surface area contributed by atoms with Crippen LogP contribution in [0.5, 0.6) is 0 Å². The predicted octanol–water partition coefficient (Wildman–Crippen LogP) is 2.30. The van der Waals surface area contributed by atoms with Crippen LogP contribution in [0.2, 0.25) is 0 Å². The molecule has 1 N–H and O–H groups in total. The number of carbonyl (C=O) groups excluding carboxylic acids is 1. The number of hydrogen-bond acceptors (Lipinski definition) is 5. The van der Waals surface area contributed by atoms with E-state index in [0.29, 0.717) is 22.8 Å². The summed E-state index contributed by atoms with van der Waals surface area (Å²) in [6.45, 7) is 9.93. The summed E-state index contributed by atoms with van der Waals surface area (Å²) in [5.74, 6) is 0.940. The molecule has 0 aromatic carbocycles. The number of fused-ring (bicyclic) bond motifs is 1. The van der Waals surface area contributed by atoms with Gasteiger partial charge in [0.2, 0.25) is 0 Å². The first-order valence-corrected chi connectivity index (χ1v) is 8.76. The molecule has 8 nitrogen and oxygen atoms in total. The fraction of sp³-hybridized carbons (Fsp3) is 0.500. The molecule has 3 heterocycles. The maximum Gasteiger partial charge on any atom is 0.257 e. The van der Waals surface area contributed by atoms with Crippen LogP contribution >= 0.6 is 0 Å². The Hall–Kier alpha value is -2.77. The molecule has 0 saturated heterocycles.